The molecule has 0 saturated heterocycles. The summed E-state index contributed by atoms with van der Waals surface area (Å²) < 4.78 is 0. The van der Waals surface area contributed by atoms with Gasteiger partial charge in [-0.25, -0.2) is 4.98 Å². The monoisotopic (exact) mass is 332 g/mol. The van der Waals surface area contributed by atoms with Crippen LogP contribution in [-0.2, 0) is 6.54 Å². The average Bonchev–Trinajstić information content (AvgIpc) is 2.60. The van der Waals surface area contributed by atoms with Crippen molar-refractivity contribution in [3.63, 3.8) is 0 Å². The number of aromatic nitrogens is 2. The summed E-state index contributed by atoms with van der Waals surface area (Å²) in [7, 11) is 0. The van der Waals surface area contributed by atoms with Gasteiger partial charge in [-0.1, -0.05) is 12.1 Å². The lowest BCUT2D eigenvalue weighted by Crippen LogP contribution is -2.14. The fraction of sp³-hybridized carbons (Fsp3) is 0.150. The fourth-order valence-electron chi connectivity index (χ4n) is 2.58. The summed E-state index contributed by atoms with van der Waals surface area (Å²) >= 11 is 0. The molecule has 0 spiro atoms. The number of nitrogens with zero attached hydrogens (tertiary/aromatic N) is 2. The maximum Gasteiger partial charge on any atom is 0.274 e. The Kier molecular flexibility index (Phi) is 5.04. The van der Waals surface area contributed by atoms with Crippen LogP contribution < -0.4 is 10.6 Å². The third-order valence-electron chi connectivity index (χ3n) is 3.70. The summed E-state index contributed by atoms with van der Waals surface area (Å²) in [4.78, 5) is 20.6. The lowest BCUT2D eigenvalue weighted by atomic mass is 10.1. The van der Waals surface area contributed by atoms with Crippen LogP contribution in [0, 0.1) is 13.8 Å². The van der Waals surface area contributed by atoms with Gasteiger partial charge in [0, 0.05) is 24.6 Å². The summed E-state index contributed by atoms with van der Waals surface area (Å²) in [6.07, 6.45) is 5.22. The first-order valence-corrected chi connectivity index (χ1v) is 8.08. The van der Waals surface area contributed by atoms with E-state index in [1.807, 2.05) is 50.4 Å². The molecule has 25 heavy (non-hydrogen) atoms. The summed E-state index contributed by atoms with van der Waals surface area (Å²) in [6.45, 7) is 4.66. The Bertz CT molecular complexity index is 840. The van der Waals surface area contributed by atoms with Gasteiger partial charge < -0.3 is 10.6 Å². The maximum atomic E-state index is 12.3. The highest BCUT2D eigenvalue weighted by Crippen LogP contribution is 2.15. The number of carbonyl (C=O) groups excluding carboxylic acids is 1. The van der Waals surface area contributed by atoms with Gasteiger partial charge in [-0.05, 0) is 60.9 Å². The molecule has 0 aliphatic heterocycles. The second kappa shape index (κ2) is 7.57. The van der Waals surface area contributed by atoms with Crippen molar-refractivity contribution < 1.29 is 4.79 Å². The van der Waals surface area contributed by atoms with E-state index >= 15 is 0 Å². The number of benzene rings is 1. The van der Waals surface area contributed by atoms with E-state index in [2.05, 4.69) is 26.7 Å². The van der Waals surface area contributed by atoms with Crippen LogP contribution in [0.15, 0.2) is 61.1 Å². The molecule has 0 saturated carbocycles. The van der Waals surface area contributed by atoms with Gasteiger partial charge in [0.05, 0.1) is 11.9 Å². The molecule has 3 rings (SSSR count). The zero-order valence-corrected chi connectivity index (χ0v) is 14.3. The molecule has 1 amide bonds. The first-order chi connectivity index (χ1) is 12.1. The molecule has 1 aromatic carbocycles. The molecule has 0 radical (unpaired) electrons. The zero-order chi connectivity index (χ0) is 17.6. The van der Waals surface area contributed by atoms with E-state index in [1.165, 1.54) is 0 Å². The Hall–Kier alpha value is -3.21. The van der Waals surface area contributed by atoms with Crippen molar-refractivity contribution in [3.05, 3.63) is 83.4 Å². The molecule has 0 atom stereocenters. The number of hydrogen-bond donors (Lipinski definition) is 2. The third kappa shape index (κ3) is 4.64. The minimum Gasteiger partial charge on any atom is -0.380 e. The number of pyridine rings is 2. The van der Waals surface area contributed by atoms with Crippen LogP contribution in [-0.4, -0.2) is 15.9 Å². The first-order valence-electron chi connectivity index (χ1n) is 8.08. The number of hydrogen-bond acceptors (Lipinski definition) is 4. The molecule has 0 bridgehead atoms. The first kappa shape index (κ1) is 16.6. The lowest BCUT2D eigenvalue weighted by Gasteiger charge is -2.09. The smallest absolute Gasteiger partial charge is 0.274 e. The Morgan fingerprint density at radius 1 is 1.00 bits per heavy atom. The number of anilines is 2. The van der Waals surface area contributed by atoms with Crippen molar-refractivity contribution in [2.75, 3.05) is 10.6 Å². The minimum atomic E-state index is -0.219. The second-order valence-electron chi connectivity index (χ2n) is 5.98. The maximum absolute atomic E-state index is 12.3. The molecule has 2 N–H and O–H groups in total. The summed E-state index contributed by atoms with van der Waals surface area (Å²) in [6, 6.07) is 13.4. The van der Waals surface area contributed by atoms with Gasteiger partial charge in [0.25, 0.3) is 5.91 Å². The van der Waals surface area contributed by atoms with E-state index < -0.39 is 0 Å². The molecule has 5 heteroatoms. The summed E-state index contributed by atoms with van der Waals surface area (Å²) in [5.41, 5.74) is 5.32. The van der Waals surface area contributed by atoms with Crippen LogP contribution in [0.2, 0.25) is 0 Å². The number of aryl methyl sites for hydroxylation is 2. The predicted molar refractivity (Wildman–Crippen MR) is 99.7 cm³/mol. The van der Waals surface area contributed by atoms with Gasteiger partial charge in [-0.15, -0.1) is 0 Å². The van der Waals surface area contributed by atoms with Crippen LogP contribution in [0.1, 0.15) is 27.2 Å². The molecule has 0 fully saturated rings. The van der Waals surface area contributed by atoms with Gasteiger partial charge in [0.15, 0.2) is 0 Å². The van der Waals surface area contributed by atoms with E-state index in [0.717, 1.165) is 28.1 Å². The largest absolute Gasteiger partial charge is 0.380 e. The van der Waals surface area contributed by atoms with Crippen molar-refractivity contribution in [2.24, 2.45) is 0 Å². The number of carbonyl (C=O) groups is 1. The Morgan fingerprint density at radius 2 is 1.80 bits per heavy atom. The second-order valence-corrected chi connectivity index (χ2v) is 5.98. The number of nitrogens with one attached hydrogen (secondary N) is 2. The van der Waals surface area contributed by atoms with Crippen LogP contribution in [0.25, 0.3) is 0 Å². The zero-order valence-electron chi connectivity index (χ0n) is 14.3. The lowest BCUT2D eigenvalue weighted by molar-refractivity contribution is 0.102. The van der Waals surface area contributed by atoms with Gasteiger partial charge >= 0.3 is 0 Å². The molecule has 2 aromatic heterocycles. The molecular weight excluding hydrogens is 312 g/mol. The molecule has 5 nitrogen and oxygen atoms in total. The highest BCUT2D eigenvalue weighted by Gasteiger charge is 2.08. The molecule has 3 aromatic rings. The van der Waals surface area contributed by atoms with Crippen LogP contribution in [0.5, 0.6) is 0 Å². The SMILES string of the molecule is Cc1cc(C)cc(NC(=O)c2ccc(NCc3cccnc3)cn2)c1. The van der Waals surface area contributed by atoms with E-state index in [1.54, 1.807) is 18.5 Å². The molecule has 0 aliphatic rings. The van der Waals surface area contributed by atoms with Gasteiger partial charge in [-0.2, -0.15) is 0 Å². The van der Waals surface area contributed by atoms with Crippen molar-refractivity contribution in [2.45, 2.75) is 20.4 Å². The molecule has 0 aliphatic carbocycles. The van der Waals surface area contributed by atoms with E-state index in [4.69, 9.17) is 0 Å². The summed E-state index contributed by atoms with van der Waals surface area (Å²) in [5.74, 6) is -0.219. The van der Waals surface area contributed by atoms with E-state index in [-0.39, 0.29) is 5.91 Å². The van der Waals surface area contributed by atoms with Crippen LogP contribution >= 0.6 is 0 Å². The quantitative estimate of drug-likeness (QED) is 0.742. The van der Waals surface area contributed by atoms with E-state index in [9.17, 15) is 4.79 Å². The Labute approximate surface area is 147 Å². The van der Waals surface area contributed by atoms with Gasteiger partial charge in [-0.3, -0.25) is 9.78 Å². The molecule has 126 valence electrons. The van der Waals surface area contributed by atoms with Crippen LogP contribution in [0.3, 0.4) is 0 Å². The molecule has 0 unspecified atom stereocenters. The average molecular weight is 332 g/mol. The number of amides is 1. The standard InChI is InChI=1S/C20H20N4O/c1-14-8-15(2)10-18(9-14)24-20(25)19-6-5-17(13-23-19)22-12-16-4-3-7-21-11-16/h3-11,13,22H,12H2,1-2H3,(H,24,25). The van der Waals surface area contributed by atoms with E-state index in [0.29, 0.717) is 12.2 Å². The fourth-order valence-corrected chi connectivity index (χ4v) is 2.58. The number of rotatable bonds is 5. The van der Waals surface area contributed by atoms with Gasteiger partial charge in [0.1, 0.15) is 5.69 Å². The third-order valence-corrected chi connectivity index (χ3v) is 3.70. The van der Waals surface area contributed by atoms with Crippen molar-refractivity contribution >= 4 is 17.3 Å². The Morgan fingerprint density at radius 3 is 2.44 bits per heavy atom. The topological polar surface area (TPSA) is 66.9 Å². The normalized spacial score (nSPS) is 10.3. The Balaban J connectivity index is 1.62. The highest BCUT2D eigenvalue weighted by molar-refractivity contribution is 6.03. The molecular formula is C20H20N4O. The molecule has 2 heterocycles. The van der Waals surface area contributed by atoms with Gasteiger partial charge in [0.2, 0.25) is 0 Å². The highest BCUT2D eigenvalue weighted by atomic mass is 16.1. The van der Waals surface area contributed by atoms with Crippen LogP contribution in [0.4, 0.5) is 11.4 Å². The minimum absolute atomic E-state index is 0.219. The van der Waals surface area contributed by atoms with Crippen molar-refractivity contribution in [1.29, 1.82) is 0 Å². The summed E-state index contributed by atoms with van der Waals surface area (Å²) in [5, 5.41) is 6.14. The van der Waals surface area contributed by atoms with Crippen molar-refractivity contribution in [1.82, 2.24) is 9.97 Å². The van der Waals surface area contributed by atoms with Crippen molar-refractivity contribution in [3.8, 4) is 0 Å². The predicted octanol–water partition coefficient (Wildman–Crippen LogP) is 3.96.